The summed E-state index contributed by atoms with van der Waals surface area (Å²) in [6.45, 7) is 7.56. The Morgan fingerprint density at radius 1 is 1.25 bits per heavy atom. The van der Waals surface area contributed by atoms with Crippen molar-refractivity contribution in [3.63, 3.8) is 0 Å². The standard InChI is InChI=1S/C31H43ClN6O2/c1-3-28(39)38-17-16-37(19-21(38)11-14-33)29-24-10-13-31(12-9-23-25(31)7-4-8-26(23)32)18-27(24)34-30(35-29)40-20-22-6-5-15-36(22)2/h3-4,7-8,21-22,24,27,29-30,34-35H,1,5-6,9-13,15-20H2,2H3/t21-,22-,24?,27?,29?,30?,31-/m1/s1. The van der Waals surface area contributed by atoms with E-state index in [0.717, 1.165) is 50.2 Å². The Balaban J connectivity index is 1.23. The van der Waals surface area contributed by atoms with E-state index in [0.29, 0.717) is 44.1 Å². The highest BCUT2D eigenvalue weighted by Crippen LogP contribution is 2.52. The molecule has 7 atom stereocenters. The molecule has 216 valence electrons. The molecule has 0 bridgehead atoms. The van der Waals surface area contributed by atoms with Crippen molar-refractivity contribution in [3.8, 4) is 6.07 Å². The van der Waals surface area contributed by atoms with Gasteiger partial charge in [-0.05, 0) is 87.2 Å². The van der Waals surface area contributed by atoms with Crippen molar-refractivity contribution < 1.29 is 9.53 Å². The minimum absolute atomic E-state index is 0.0869. The smallest absolute Gasteiger partial charge is 0.246 e. The number of benzene rings is 1. The van der Waals surface area contributed by atoms with Gasteiger partial charge in [-0.3, -0.25) is 20.3 Å². The molecule has 9 heteroatoms. The lowest BCUT2D eigenvalue weighted by Gasteiger charge is -2.55. The van der Waals surface area contributed by atoms with E-state index in [1.165, 1.54) is 30.0 Å². The van der Waals surface area contributed by atoms with Crippen LogP contribution in [0.5, 0.6) is 0 Å². The molecule has 1 spiro atoms. The maximum absolute atomic E-state index is 12.5. The van der Waals surface area contributed by atoms with Gasteiger partial charge in [-0.2, -0.15) is 5.26 Å². The fourth-order valence-corrected chi connectivity index (χ4v) is 8.64. The summed E-state index contributed by atoms with van der Waals surface area (Å²) in [5.74, 6) is 0.323. The number of ether oxygens (including phenoxy) is 1. The molecule has 3 heterocycles. The molecular formula is C31H43ClN6O2. The third kappa shape index (κ3) is 5.21. The van der Waals surface area contributed by atoms with Crippen molar-refractivity contribution in [2.24, 2.45) is 5.92 Å². The third-order valence-corrected chi connectivity index (χ3v) is 10.9. The normalized spacial score (nSPS) is 36.3. The Hall–Kier alpha value is -1.99. The zero-order valence-electron chi connectivity index (χ0n) is 23.7. The number of carbonyl (C=O) groups is 1. The first-order valence-corrected chi connectivity index (χ1v) is 15.5. The first-order chi connectivity index (χ1) is 19.4. The summed E-state index contributed by atoms with van der Waals surface area (Å²) in [4.78, 5) is 19.2. The van der Waals surface area contributed by atoms with Gasteiger partial charge in [0.1, 0.15) is 0 Å². The van der Waals surface area contributed by atoms with Gasteiger partial charge in [-0.25, -0.2) is 0 Å². The van der Waals surface area contributed by atoms with Crippen LogP contribution in [-0.4, -0.2) is 91.1 Å². The summed E-state index contributed by atoms with van der Waals surface area (Å²) < 4.78 is 6.56. The Morgan fingerprint density at radius 2 is 2.12 bits per heavy atom. The summed E-state index contributed by atoms with van der Waals surface area (Å²) >= 11 is 6.64. The van der Waals surface area contributed by atoms with Crippen LogP contribution in [0.2, 0.25) is 5.02 Å². The Bertz CT molecular complexity index is 1160. The van der Waals surface area contributed by atoms with E-state index in [1.807, 2.05) is 11.0 Å². The van der Waals surface area contributed by atoms with E-state index >= 15 is 0 Å². The highest BCUT2D eigenvalue weighted by Gasteiger charge is 2.51. The van der Waals surface area contributed by atoms with E-state index in [1.54, 1.807) is 0 Å². The van der Waals surface area contributed by atoms with Gasteiger partial charge in [0.05, 0.1) is 31.3 Å². The monoisotopic (exact) mass is 566 g/mol. The third-order valence-electron chi connectivity index (χ3n) is 10.5. The van der Waals surface area contributed by atoms with Crippen LogP contribution in [0.15, 0.2) is 30.9 Å². The quantitative estimate of drug-likeness (QED) is 0.512. The number of likely N-dealkylation sites (N-methyl/N-ethyl adjacent to an activating group) is 1. The van der Waals surface area contributed by atoms with Gasteiger partial charge in [0.25, 0.3) is 0 Å². The maximum atomic E-state index is 12.5. The summed E-state index contributed by atoms with van der Waals surface area (Å²) in [6.07, 6.45) is 9.51. The molecule has 1 aromatic rings. The maximum Gasteiger partial charge on any atom is 0.246 e. The summed E-state index contributed by atoms with van der Waals surface area (Å²) in [7, 11) is 2.19. The number of carbonyl (C=O) groups excluding carboxylic acids is 1. The number of hydrogen-bond donors (Lipinski definition) is 2. The first kappa shape index (κ1) is 28.1. The topological polar surface area (TPSA) is 83.9 Å². The second-order valence-electron chi connectivity index (χ2n) is 12.6. The average molecular weight is 567 g/mol. The van der Waals surface area contributed by atoms with Crippen LogP contribution in [0.1, 0.15) is 56.1 Å². The number of fused-ring (bicyclic) bond motifs is 3. The van der Waals surface area contributed by atoms with Crippen molar-refractivity contribution in [2.75, 3.05) is 39.8 Å². The number of nitriles is 1. The number of piperazine rings is 1. The van der Waals surface area contributed by atoms with Crippen molar-refractivity contribution >= 4 is 17.5 Å². The summed E-state index contributed by atoms with van der Waals surface area (Å²) in [6, 6.07) is 9.38. The number of nitrogens with zero attached hydrogens (tertiary/aromatic N) is 4. The molecule has 8 nitrogen and oxygen atoms in total. The summed E-state index contributed by atoms with van der Waals surface area (Å²) in [5, 5.41) is 18.2. The van der Waals surface area contributed by atoms with Crippen LogP contribution in [-0.2, 0) is 21.4 Å². The number of amides is 1. The van der Waals surface area contributed by atoms with Gasteiger partial charge >= 0.3 is 0 Å². The predicted molar refractivity (Wildman–Crippen MR) is 156 cm³/mol. The molecule has 2 N–H and O–H groups in total. The van der Waals surface area contributed by atoms with Crippen molar-refractivity contribution in [3.05, 3.63) is 47.0 Å². The molecule has 1 aromatic carbocycles. The van der Waals surface area contributed by atoms with Gasteiger partial charge in [0, 0.05) is 42.7 Å². The molecule has 4 unspecified atom stereocenters. The van der Waals surface area contributed by atoms with E-state index in [2.05, 4.69) is 52.3 Å². The van der Waals surface area contributed by atoms with E-state index in [4.69, 9.17) is 16.3 Å². The lowest BCUT2D eigenvalue weighted by atomic mass is 9.64. The van der Waals surface area contributed by atoms with Crippen LogP contribution >= 0.6 is 11.6 Å². The molecule has 1 amide bonds. The van der Waals surface area contributed by atoms with Crippen molar-refractivity contribution in [1.29, 1.82) is 5.26 Å². The highest BCUT2D eigenvalue weighted by molar-refractivity contribution is 6.31. The van der Waals surface area contributed by atoms with Crippen molar-refractivity contribution in [2.45, 2.75) is 87.4 Å². The minimum Gasteiger partial charge on any atom is -0.348 e. The molecule has 5 aliphatic rings. The number of halogens is 1. The van der Waals surface area contributed by atoms with Crippen LogP contribution in [0, 0.1) is 17.2 Å². The van der Waals surface area contributed by atoms with E-state index in [9.17, 15) is 10.1 Å². The van der Waals surface area contributed by atoms with Gasteiger partial charge in [-0.15, -0.1) is 0 Å². The lowest BCUT2D eigenvalue weighted by molar-refractivity contribution is -0.136. The minimum atomic E-state index is -0.238. The van der Waals surface area contributed by atoms with Crippen LogP contribution in [0.3, 0.4) is 0 Å². The SMILES string of the molecule is C=CC(=O)N1CCN(C2NC(OC[C@H]3CCCN3C)NC3C[C@@]4(CCc5c(Cl)cccc54)CCC32)C[C@H]1CC#N. The van der Waals surface area contributed by atoms with Crippen molar-refractivity contribution in [1.82, 2.24) is 25.3 Å². The Morgan fingerprint density at radius 3 is 2.90 bits per heavy atom. The highest BCUT2D eigenvalue weighted by atomic mass is 35.5. The van der Waals surface area contributed by atoms with Crippen LogP contribution in [0.25, 0.3) is 0 Å². The lowest BCUT2D eigenvalue weighted by Crippen LogP contribution is -2.72. The fraction of sp³-hybridized carbons (Fsp3) is 0.677. The molecule has 6 rings (SSSR count). The largest absolute Gasteiger partial charge is 0.348 e. The molecule has 0 aromatic heterocycles. The first-order valence-electron chi connectivity index (χ1n) is 15.1. The molecule has 4 fully saturated rings. The number of rotatable bonds is 6. The predicted octanol–water partition coefficient (Wildman–Crippen LogP) is 3.22. The van der Waals surface area contributed by atoms with Gasteiger partial charge in [0.15, 0.2) is 6.35 Å². The molecule has 2 aliphatic carbocycles. The van der Waals surface area contributed by atoms with Gasteiger partial charge in [-0.1, -0.05) is 30.3 Å². The number of hydrogen-bond acceptors (Lipinski definition) is 7. The van der Waals surface area contributed by atoms with E-state index in [-0.39, 0.29) is 29.9 Å². The van der Waals surface area contributed by atoms with Gasteiger partial charge in [0.2, 0.25) is 5.91 Å². The second-order valence-corrected chi connectivity index (χ2v) is 13.0. The molecule has 3 aliphatic heterocycles. The Kier molecular flexibility index (Phi) is 8.24. The van der Waals surface area contributed by atoms with Crippen LogP contribution in [0.4, 0.5) is 0 Å². The van der Waals surface area contributed by atoms with E-state index < -0.39 is 0 Å². The molecule has 3 saturated heterocycles. The fourth-order valence-electron chi connectivity index (χ4n) is 8.37. The number of nitrogens with one attached hydrogen (secondary N) is 2. The second kappa shape index (κ2) is 11.7. The van der Waals surface area contributed by atoms with Crippen LogP contribution < -0.4 is 10.6 Å². The molecule has 40 heavy (non-hydrogen) atoms. The molecule has 1 saturated carbocycles. The zero-order valence-corrected chi connectivity index (χ0v) is 24.4. The number of likely N-dealkylation sites (tertiary alicyclic amines) is 1. The summed E-state index contributed by atoms with van der Waals surface area (Å²) in [5.41, 5.74) is 2.95. The molecular weight excluding hydrogens is 524 g/mol. The zero-order chi connectivity index (χ0) is 27.9. The van der Waals surface area contributed by atoms with Gasteiger partial charge < -0.3 is 14.5 Å². The average Bonchev–Trinajstić information content (AvgIpc) is 3.54. The molecule has 0 radical (unpaired) electrons. The Labute approximate surface area is 243 Å².